The molecule has 6 aromatic rings. The summed E-state index contributed by atoms with van der Waals surface area (Å²) >= 11 is 0. The number of aromatic nitrogens is 6. The Labute approximate surface area is 513 Å². The average Bonchev–Trinajstić information content (AvgIpc) is 3.31. The SMILES string of the molecule is O=S(=O)([O-])c1cccc(Nc2nc(Nc3ccc(/C=C/c4ccc(Nc5nc(Nc6cccc(S(=O)(=O)[O-])c6)nc(N6CCOCC6)n5)cc4S(=O)(=O)[O-])c(S(=O)(=O)[O-])c3)nc(N3CCOCC3)n2)c1.[Na+].[Na+].[Na+].[Na+]. The van der Waals surface area contributed by atoms with Crippen LogP contribution in [0.25, 0.3) is 12.2 Å². The van der Waals surface area contributed by atoms with Gasteiger partial charge in [0, 0.05) is 48.9 Å². The van der Waals surface area contributed by atoms with Crippen molar-refractivity contribution in [2.24, 2.45) is 0 Å². The number of ether oxygens (including phenoxy) is 2. The Morgan fingerprint density at radius 1 is 0.419 bits per heavy atom. The third-order valence-electron chi connectivity index (χ3n) is 10.1. The minimum absolute atomic E-state index is 0. The maximum atomic E-state index is 12.7. The molecule has 2 aliphatic heterocycles. The monoisotopic (exact) mass is 1130 g/mol. The Bertz CT molecular complexity index is 3250. The Morgan fingerprint density at radius 3 is 1.03 bits per heavy atom. The molecule has 4 heterocycles. The number of nitrogens with zero attached hydrogens (tertiary/aromatic N) is 8. The molecule has 0 saturated carbocycles. The van der Waals surface area contributed by atoms with E-state index in [1.54, 1.807) is 9.80 Å². The molecule has 4 N–H and O–H groups in total. The third kappa shape index (κ3) is 17.2. The van der Waals surface area contributed by atoms with E-state index >= 15 is 0 Å². The Balaban J connectivity index is 0.00000296. The summed E-state index contributed by atoms with van der Waals surface area (Å²) in [4.78, 5) is 27.3. The zero-order valence-corrected chi connectivity index (χ0v) is 51.1. The first-order valence-electron chi connectivity index (χ1n) is 20.4. The van der Waals surface area contributed by atoms with Gasteiger partial charge in [0.1, 0.15) is 40.5 Å². The van der Waals surface area contributed by atoms with Gasteiger partial charge in [-0.05, 0) is 71.8 Å². The van der Waals surface area contributed by atoms with E-state index in [0.29, 0.717) is 52.6 Å². The van der Waals surface area contributed by atoms with Crippen LogP contribution in [0.2, 0.25) is 0 Å². The van der Waals surface area contributed by atoms with Crippen molar-refractivity contribution >= 4 is 111 Å². The van der Waals surface area contributed by atoms with Crippen LogP contribution >= 0.6 is 0 Å². The van der Waals surface area contributed by atoms with Crippen molar-refractivity contribution in [3.05, 3.63) is 96.1 Å². The molecule has 368 valence electrons. The predicted octanol–water partition coefficient (Wildman–Crippen LogP) is -9.49. The van der Waals surface area contributed by atoms with Gasteiger partial charge in [-0.25, -0.2) is 33.7 Å². The summed E-state index contributed by atoms with van der Waals surface area (Å²) in [5.74, 6) is -0.207. The van der Waals surface area contributed by atoms with E-state index in [9.17, 15) is 51.9 Å². The summed E-state index contributed by atoms with van der Waals surface area (Å²) < 4.78 is 157. The van der Waals surface area contributed by atoms with Crippen LogP contribution in [0.4, 0.5) is 58.4 Å². The molecule has 2 aliphatic rings. The third-order valence-corrected chi connectivity index (χ3v) is 13.6. The molecule has 2 aromatic heterocycles. The van der Waals surface area contributed by atoms with Crippen LogP contribution in [0.5, 0.6) is 0 Å². The van der Waals surface area contributed by atoms with Crippen LogP contribution < -0.4 is 149 Å². The maximum Gasteiger partial charge on any atom is 1.00 e. The van der Waals surface area contributed by atoms with E-state index in [1.807, 2.05) is 0 Å². The molecule has 0 spiro atoms. The van der Waals surface area contributed by atoms with E-state index in [1.165, 1.54) is 48.5 Å². The largest absolute Gasteiger partial charge is 1.00 e. The maximum absolute atomic E-state index is 12.7. The summed E-state index contributed by atoms with van der Waals surface area (Å²) in [5, 5.41) is 11.3. The second-order valence-electron chi connectivity index (χ2n) is 15.0. The molecule has 8 rings (SSSR count). The molecule has 0 unspecified atom stereocenters. The molecule has 4 aromatic carbocycles. The van der Waals surface area contributed by atoms with Crippen LogP contribution in [-0.4, -0.2) is 134 Å². The molecule has 0 aliphatic carbocycles. The van der Waals surface area contributed by atoms with E-state index in [2.05, 4.69) is 51.2 Å². The summed E-state index contributed by atoms with van der Waals surface area (Å²) in [5.41, 5.74) is -0.0967. The van der Waals surface area contributed by atoms with Crippen molar-refractivity contribution in [3.63, 3.8) is 0 Å². The van der Waals surface area contributed by atoms with Gasteiger partial charge < -0.3 is 58.8 Å². The van der Waals surface area contributed by atoms with Crippen LogP contribution in [-0.2, 0) is 49.9 Å². The molecule has 74 heavy (non-hydrogen) atoms. The standard InChI is InChI=1S/C40H40N12O14S4.4Na/c53-67(54,55)31-5-1-3-27(21-31)41-35-45-37(49-39(47-35)51-13-17-65-18-14-51)43-29-11-9-25(33(23-29)69(59,60)61)7-8-26-10-12-30(24-34(26)70(62,63)64)44-38-46-36(48-40(50-38)52-15-19-66-20-16-52)42-28-4-2-6-32(22-28)68(56,57)58;;;;/h1-12,21-24H,13-20H2,(H,53,54,55)(H,56,57,58)(H,59,60,61)(H,62,63,64)(H2,41,43,45,47,49)(H2,42,44,46,48,50);;;;/q;4*+1/p-4/b8-7+;;;;. The van der Waals surface area contributed by atoms with Gasteiger partial charge in [-0.2, -0.15) is 29.9 Å². The Morgan fingerprint density at radius 2 is 0.730 bits per heavy atom. The summed E-state index contributed by atoms with van der Waals surface area (Å²) in [6.45, 7) is 2.93. The molecular weight excluding hydrogens is 1090 g/mol. The van der Waals surface area contributed by atoms with Crippen LogP contribution in [0.15, 0.2) is 105 Å². The second-order valence-corrected chi connectivity index (χ2v) is 20.4. The smallest absolute Gasteiger partial charge is 0.744 e. The number of hydrogen-bond donors (Lipinski definition) is 4. The van der Waals surface area contributed by atoms with Gasteiger partial charge in [-0.1, -0.05) is 36.4 Å². The molecule has 0 atom stereocenters. The first-order valence-corrected chi connectivity index (χ1v) is 26.0. The molecule has 2 saturated heterocycles. The fourth-order valence-electron chi connectivity index (χ4n) is 6.85. The van der Waals surface area contributed by atoms with Gasteiger partial charge in [-0.3, -0.25) is 0 Å². The van der Waals surface area contributed by atoms with Crippen LogP contribution in [0.1, 0.15) is 11.1 Å². The summed E-state index contributed by atoms with van der Waals surface area (Å²) in [6.07, 6.45) is 2.24. The Kier molecular flexibility index (Phi) is 23.2. The molecular formula is C40H36N12Na4O14S4. The van der Waals surface area contributed by atoms with Gasteiger partial charge >= 0.3 is 118 Å². The molecule has 34 heteroatoms. The summed E-state index contributed by atoms with van der Waals surface area (Å²) in [6, 6.07) is 17.2. The van der Waals surface area contributed by atoms with Gasteiger partial charge in [0.2, 0.25) is 35.7 Å². The molecule has 0 amide bonds. The van der Waals surface area contributed by atoms with Crippen molar-refractivity contribution in [2.45, 2.75) is 19.6 Å². The van der Waals surface area contributed by atoms with Gasteiger partial charge in [0.05, 0.1) is 46.0 Å². The normalized spacial score (nSPS) is 14.1. The predicted molar refractivity (Wildman–Crippen MR) is 245 cm³/mol. The van der Waals surface area contributed by atoms with Gasteiger partial charge in [-0.15, -0.1) is 0 Å². The van der Waals surface area contributed by atoms with Crippen molar-refractivity contribution in [2.75, 3.05) is 83.7 Å². The van der Waals surface area contributed by atoms with Gasteiger partial charge in [0.15, 0.2) is 0 Å². The quantitative estimate of drug-likeness (QED) is 0.0397. The summed E-state index contributed by atoms with van der Waals surface area (Å²) in [7, 11) is -20.1. The van der Waals surface area contributed by atoms with Crippen molar-refractivity contribution in [3.8, 4) is 0 Å². The van der Waals surface area contributed by atoms with Crippen molar-refractivity contribution < 1.29 is 180 Å². The van der Waals surface area contributed by atoms with Crippen LogP contribution in [0.3, 0.4) is 0 Å². The fraction of sp³-hybridized carbons (Fsp3) is 0.200. The van der Waals surface area contributed by atoms with Crippen LogP contribution in [0, 0.1) is 0 Å². The van der Waals surface area contributed by atoms with Crippen molar-refractivity contribution in [1.29, 1.82) is 0 Å². The zero-order valence-electron chi connectivity index (χ0n) is 39.8. The van der Waals surface area contributed by atoms with E-state index in [0.717, 1.165) is 48.6 Å². The first-order chi connectivity index (χ1) is 33.1. The number of hydrogen-bond acceptors (Lipinski definition) is 26. The number of benzene rings is 4. The van der Waals surface area contributed by atoms with E-state index in [4.69, 9.17) is 9.47 Å². The second kappa shape index (κ2) is 27.0. The molecule has 26 nitrogen and oxygen atoms in total. The Hall–Kier alpha value is -3.00. The van der Waals surface area contributed by atoms with E-state index < -0.39 is 60.1 Å². The number of rotatable bonds is 16. The zero-order chi connectivity index (χ0) is 49.8. The minimum atomic E-state index is -5.24. The first kappa shape index (κ1) is 63.5. The molecule has 0 bridgehead atoms. The minimum Gasteiger partial charge on any atom is -0.744 e. The average molecular weight is 1130 g/mol. The van der Waals surface area contributed by atoms with Crippen molar-refractivity contribution in [1.82, 2.24) is 29.9 Å². The number of anilines is 10. The number of morpholine rings is 2. The van der Waals surface area contributed by atoms with Gasteiger partial charge in [0.25, 0.3) is 0 Å². The fourth-order valence-corrected chi connectivity index (χ4v) is 9.28. The topological polar surface area (TPSA) is 379 Å². The van der Waals surface area contributed by atoms with E-state index in [-0.39, 0.29) is 188 Å². The number of nitrogens with one attached hydrogen (secondary N) is 4. The molecule has 0 radical (unpaired) electrons. The molecule has 2 fully saturated rings.